The number of rotatable bonds is 5. The normalized spacial score (nSPS) is 27.3. The summed E-state index contributed by atoms with van der Waals surface area (Å²) in [7, 11) is 3.31. The van der Waals surface area contributed by atoms with E-state index in [1.54, 1.807) is 14.2 Å². The van der Waals surface area contributed by atoms with Gasteiger partial charge in [-0.3, -0.25) is 9.59 Å². The van der Waals surface area contributed by atoms with Gasteiger partial charge in [0.25, 0.3) is 11.8 Å². The second-order valence-corrected chi connectivity index (χ2v) is 7.14. The molecule has 0 spiro atoms. The Kier molecular flexibility index (Phi) is 4.95. The summed E-state index contributed by atoms with van der Waals surface area (Å²) in [6.07, 6.45) is 10.3. The molecule has 0 radical (unpaired) electrons. The number of piperidine rings is 1. The highest BCUT2D eigenvalue weighted by atomic mass is 16.5. The van der Waals surface area contributed by atoms with Gasteiger partial charge in [0.1, 0.15) is 0 Å². The number of amides is 2. The first kappa shape index (κ1) is 18.1. The predicted octanol–water partition coefficient (Wildman–Crippen LogP) is 1.49. The highest BCUT2D eigenvalue weighted by Gasteiger charge is 2.49. The summed E-state index contributed by atoms with van der Waals surface area (Å²) in [5, 5.41) is 3.22. The third kappa shape index (κ3) is 2.94. The summed E-state index contributed by atoms with van der Waals surface area (Å²) < 4.78 is 10.7. The maximum Gasteiger partial charge on any atom is 0.261 e. The van der Waals surface area contributed by atoms with Gasteiger partial charge in [-0.1, -0.05) is 30.4 Å². The van der Waals surface area contributed by atoms with Gasteiger partial charge in [0.2, 0.25) is 0 Å². The molecule has 1 saturated heterocycles. The molecular formula is C21H24N2O4. The Bertz CT molecular complexity index is 777. The zero-order valence-electron chi connectivity index (χ0n) is 15.7. The van der Waals surface area contributed by atoms with Crippen LogP contribution in [0.2, 0.25) is 0 Å². The molecule has 0 aromatic rings. The third-order valence-corrected chi connectivity index (χ3v) is 5.61. The van der Waals surface area contributed by atoms with Crippen LogP contribution in [0.25, 0.3) is 0 Å². The van der Waals surface area contributed by atoms with Crippen molar-refractivity contribution in [1.82, 2.24) is 10.2 Å². The number of carbonyl (C=O) groups excluding carboxylic acids is 2. The van der Waals surface area contributed by atoms with Crippen molar-refractivity contribution >= 4 is 11.8 Å². The molecule has 0 atom stereocenters. The first-order valence-electron chi connectivity index (χ1n) is 9.25. The van der Waals surface area contributed by atoms with Gasteiger partial charge >= 0.3 is 0 Å². The lowest BCUT2D eigenvalue weighted by molar-refractivity contribution is -0.140. The fraction of sp³-hybridized carbons (Fsp3) is 0.429. The molecule has 6 heteroatoms. The maximum absolute atomic E-state index is 13.3. The van der Waals surface area contributed by atoms with E-state index in [-0.39, 0.29) is 23.7 Å². The average molecular weight is 368 g/mol. The van der Waals surface area contributed by atoms with Crippen LogP contribution in [0, 0.1) is 11.8 Å². The Morgan fingerprint density at radius 1 is 0.963 bits per heavy atom. The SMILES string of the molecule is COCC1=CC=C2C(=O)N(C3=CCNCC3)C(=O)C3=CC=C(COC)C1C23. The molecule has 0 unspecified atom stereocenters. The predicted molar refractivity (Wildman–Crippen MR) is 100 cm³/mol. The molecule has 0 aromatic carbocycles. The molecule has 2 amide bonds. The largest absolute Gasteiger partial charge is 0.380 e. The van der Waals surface area contributed by atoms with Crippen LogP contribution in [0.5, 0.6) is 0 Å². The van der Waals surface area contributed by atoms with E-state index in [1.165, 1.54) is 4.90 Å². The Morgan fingerprint density at radius 2 is 1.56 bits per heavy atom. The zero-order chi connectivity index (χ0) is 19.0. The molecule has 27 heavy (non-hydrogen) atoms. The van der Waals surface area contributed by atoms with Crippen LogP contribution in [0.1, 0.15) is 6.42 Å². The van der Waals surface area contributed by atoms with Gasteiger partial charge in [0.15, 0.2) is 0 Å². The average Bonchev–Trinajstić information content (AvgIpc) is 2.69. The van der Waals surface area contributed by atoms with Crippen molar-refractivity contribution in [2.45, 2.75) is 6.42 Å². The minimum absolute atomic E-state index is 0.0676. The van der Waals surface area contributed by atoms with E-state index in [4.69, 9.17) is 9.47 Å². The molecule has 0 aromatic heterocycles. The van der Waals surface area contributed by atoms with Gasteiger partial charge < -0.3 is 14.8 Å². The first-order chi connectivity index (χ1) is 13.2. The van der Waals surface area contributed by atoms with Crippen LogP contribution in [-0.2, 0) is 19.1 Å². The van der Waals surface area contributed by atoms with E-state index in [0.29, 0.717) is 37.3 Å². The molecule has 4 aliphatic rings. The maximum atomic E-state index is 13.3. The summed E-state index contributed by atoms with van der Waals surface area (Å²) in [5.41, 5.74) is 4.27. The van der Waals surface area contributed by atoms with Gasteiger partial charge in [-0.05, 0) is 11.1 Å². The summed E-state index contributed by atoms with van der Waals surface area (Å²) in [5.74, 6) is -0.728. The summed E-state index contributed by atoms with van der Waals surface area (Å²) in [6.45, 7) is 2.36. The lowest BCUT2D eigenvalue weighted by Crippen LogP contribution is -2.50. The van der Waals surface area contributed by atoms with Gasteiger partial charge in [-0.25, -0.2) is 4.90 Å². The standard InChI is InChI=1S/C21H24N2O4/c1-26-11-13-3-5-16-19-17(6-4-14(12-27-2)18(13)19)21(25)23(20(16)24)15-7-9-22-10-8-15/h3-7,18-19,22H,8-12H2,1-2H3. The summed E-state index contributed by atoms with van der Waals surface area (Å²) in [6, 6.07) is 0. The minimum atomic E-state index is -0.256. The number of hydrogen-bond acceptors (Lipinski definition) is 5. The van der Waals surface area contributed by atoms with Gasteiger partial charge in [-0.2, -0.15) is 0 Å². The van der Waals surface area contributed by atoms with E-state index in [0.717, 1.165) is 23.4 Å². The number of imide groups is 1. The number of nitrogens with one attached hydrogen (secondary N) is 1. The van der Waals surface area contributed by atoms with E-state index in [9.17, 15) is 9.59 Å². The van der Waals surface area contributed by atoms with Crippen LogP contribution < -0.4 is 5.32 Å². The van der Waals surface area contributed by atoms with Crippen molar-refractivity contribution in [3.63, 3.8) is 0 Å². The highest BCUT2D eigenvalue weighted by Crippen LogP contribution is 2.47. The molecule has 2 heterocycles. The van der Waals surface area contributed by atoms with Gasteiger partial charge in [0, 0.05) is 62.4 Å². The zero-order valence-corrected chi connectivity index (χ0v) is 15.7. The molecule has 0 saturated carbocycles. The Balaban J connectivity index is 1.81. The molecule has 6 nitrogen and oxygen atoms in total. The number of nitrogens with zero attached hydrogens (tertiary/aromatic N) is 1. The van der Waals surface area contributed by atoms with Crippen molar-refractivity contribution in [1.29, 1.82) is 0 Å². The van der Waals surface area contributed by atoms with Crippen LogP contribution >= 0.6 is 0 Å². The van der Waals surface area contributed by atoms with Crippen molar-refractivity contribution in [2.24, 2.45) is 11.8 Å². The molecule has 4 rings (SSSR count). The molecule has 2 aliphatic carbocycles. The smallest absolute Gasteiger partial charge is 0.261 e. The van der Waals surface area contributed by atoms with E-state index < -0.39 is 0 Å². The van der Waals surface area contributed by atoms with Crippen molar-refractivity contribution < 1.29 is 19.1 Å². The fourth-order valence-electron chi connectivity index (χ4n) is 4.44. The van der Waals surface area contributed by atoms with Crippen LogP contribution in [-0.4, -0.2) is 57.2 Å². The molecular weight excluding hydrogens is 344 g/mol. The second-order valence-electron chi connectivity index (χ2n) is 7.14. The molecule has 2 aliphatic heterocycles. The molecule has 1 fully saturated rings. The van der Waals surface area contributed by atoms with Gasteiger partial charge in [0.05, 0.1) is 13.2 Å². The number of likely N-dealkylation sites (tertiary alicyclic amines) is 1. The first-order valence-corrected chi connectivity index (χ1v) is 9.25. The van der Waals surface area contributed by atoms with Crippen molar-refractivity contribution in [2.75, 3.05) is 40.5 Å². The molecule has 0 bridgehead atoms. The van der Waals surface area contributed by atoms with E-state index in [1.807, 2.05) is 30.4 Å². The van der Waals surface area contributed by atoms with Crippen molar-refractivity contribution in [3.8, 4) is 0 Å². The monoisotopic (exact) mass is 368 g/mol. The Hall–Kier alpha value is -2.28. The lowest BCUT2D eigenvalue weighted by atomic mass is 9.65. The van der Waals surface area contributed by atoms with Crippen LogP contribution in [0.4, 0.5) is 0 Å². The van der Waals surface area contributed by atoms with E-state index >= 15 is 0 Å². The van der Waals surface area contributed by atoms with E-state index in [2.05, 4.69) is 5.32 Å². The van der Waals surface area contributed by atoms with Crippen LogP contribution in [0.15, 0.2) is 58.4 Å². The number of carbonyl (C=O) groups is 2. The second kappa shape index (κ2) is 7.38. The number of hydrogen-bond donors (Lipinski definition) is 1. The number of ether oxygens (including phenoxy) is 2. The topological polar surface area (TPSA) is 67.9 Å². The van der Waals surface area contributed by atoms with Crippen molar-refractivity contribution in [3.05, 3.63) is 58.4 Å². The summed E-state index contributed by atoms with van der Waals surface area (Å²) in [4.78, 5) is 27.9. The highest BCUT2D eigenvalue weighted by molar-refractivity contribution is 6.17. The minimum Gasteiger partial charge on any atom is -0.380 e. The quantitative estimate of drug-likeness (QED) is 0.745. The Morgan fingerprint density at radius 3 is 2.04 bits per heavy atom. The number of allylic oxidation sites excluding steroid dienone is 4. The Labute approximate surface area is 158 Å². The van der Waals surface area contributed by atoms with Crippen LogP contribution in [0.3, 0.4) is 0 Å². The third-order valence-electron chi connectivity index (χ3n) is 5.61. The number of methoxy groups -OCH3 is 2. The molecule has 1 N–H and O–H groups in total. The lowest BCUT2D eigenvalue weighted by Gasteiger charge is -2.43. The fourth-order valence-corrected chi connectivity index (χ4v) is 4.44. The van der Waals surface area contributed by atoms with Gasteiger partial charge in [-0.15, -0.1) is 0 Å². The summed E-state index contributed by atoms with van der Waals surface area (Å²) >= 11 is 0. The molecule has 142 valence electrons.